The first-order chi connectivity index (χ1) is 9.87. The molecule has 0 bridgehead atoms. The van der Waals surface area contributed by atoms with Gasteiger partial charge in [-0.2, -0.15) is 0 Å². The van der Waals surface area contributed by atoms with Gasteiger partial charge in [0.15, 0.2) is 0 Å². The van der Waals surface area contributed by atoms with Crippen LogP contribution in [-0.4, -0.2) is 73.2 Å². The normalized spacial score (nSPS) is 20.6. The van der Waals surface area contributed by atoms with Crippen molar-refractivity contribution in [3.63, 3.8) is 0 Å². The van der Waals surface area contributed by atoms with Crippen LogP contribution in [0.5, 0.6) is 0 Å². The molecule has 21 heavy (non-hydrogen) atoms. The van der Waals surface area contributed by atoms with Gasteiger partial charge in [-0.25, -0.2) is 0 Å². The molecule has 1 heterocycles. The fraction of sp³-hybridized carbons (Fsp3) is 0.938. The van der Waals surface area contributed by atoms with Crippen LogP contribution in [0, 0.1) is 5.92 Å². The molecular formula is C16H33N3O2. The third-order valence-electron chi connectivity index (χ3n) is 4.64. The van der Waals surface area contributed by atoms with Gasteiger partial charge in [0.25, 0.3) is 0 Å². The van der Waals surface area contributed by atoms with Crippen LogP contribution in [0.15, 0.2) is 0 Å². The summed E-state index contributed by atoms with van der Waals surface area (Å²) in [5, 5.41) is 12.6. The maximum atomic E-state index is 11.5. The van der Waals surface area contributed by atoms with E-state index < -0.39 is 11.5 Å². The van der Waals surface area contributed by atoms with E-state index >= 15 is 0 Å². The summed E-state index contributed by atoms with van der Waals surface area (Å²) in [6.45, 7) is 8.88. The maximum absolute atomic E-state index is 11.5. The Balaban J connectivity index is 2.35. The zero-order valence-electron chi connectivity index (χ0n) is 14.2. The average molecular weight is 299 g/mol. The SMILES string of the molecule is CCCNC(C)(CCN(C)CC1CCN(C)CC1)C(=O)O. The number of rotatable bonds is 9. The molecule has 1 unspecified atom stereocenters. The smallest absolute Gasteiger partial charge is 0.323 e. The zero-order chi connectivity index (χ0) is 15.9. The number of carboxylic acids is 1. The lowest BCUT2D eigenvalue weighted by Crippen LogP contribution is -2.51. The van der Waals surface area contributed by atoms with E-state index in [0.717, 1.165) is 32.0 Å². The van der Waals surface area contributed by atoms with Gasteiger partial charge in [-0.15, -0.1) is 0 Å². The van der Waals surface area contributed by atoms with Crippen molar-refractivity contribution < 1.29 is 9.90 Å². The van der Waals surface area contributed by atoms with Crippen LogP contribution in [0.1, 0.15) is 39.5 Å². The van der Waals surface area contributed by atoms with Gasteiger partial charge in [0.1, 0.15) is 5.54 Å². The maximum Gasteiger partial charge on any atom is 0.323 e. The minimum atomic E-state index is -0.808. The van der Waals surface area contributed by atoms with Gasteiger partial charge in [-0.1, -0.05) is 6.92 Å². The fourth-order valence-electron chi connectivity index (χ4n) is 2.86. The van der Waals surface area contributed by atoms with E-state index in [1.165, 1.54) is 25.9 Å². The summed E-state index contributed by atoms with van der Waals surface area (Å²) in [6, 6.07) is 0. The number of hydrogen-bond acceptors (Lipinski definition) is 4. The first-order valence-electron chi connectivity index (χ1n) is 8.23. The largest absolute Gasteiger partial charge is 0.480 e. The van der Waals surface area contributed by atoms with Crippen molar-refractivity contribution in [3.8, 4) is 0 Å². The molecule has 1 fully saturated rings. The number of carbonyl (C=O) groups is 1. The highest BCUT2D eigenvalue weighted by molar-refractivity contribution is 5.78. The van der Waals surface area contributed by atoms with E-state index in [9.17, 15) is 9.90 Å². The lowest BCUT2D eigenvalue weighted by molar-refractivity contribution is -0.144. The topological polar surface area (TPSA) is 55.8 Å². The standard InChI is InChI=1S/C16H33N3O2/c1-5-9-17-16(2,15(20)21)8-12-19(4)13-14-6-10-18(3)11-7-14/h14,17H,5-13H2,1-4H3,(H,20,21). The number of likely N-dealkylation sites (tertiary alicyclic amines) is 1. The Morgan fingerprint density at radius 2 is 2.05 bits per heavy atom. The van der Waals surface area contributed by atoms with Gasteiger partial charge in [0.05, 0.1) is 0 Å². The molecule has 0 spiro atoms. The predicted molar refractivity (Wildman–Crippen MR) is 86.7 cm³/mol. The average Bonchev–Trinajstić information content (AvgIpc) is 2.45. The Hall–Kier alpha value is -0.650. The Morgan fingerprint density at radius 1 is 1.43 bits per heavy atom. The third kappa shape index (κ3) is 6.32. The number of hydrogen-bond donors (Lipinski definition) is 2. The number of carboxylic acid groups (broad SMARTS) is 1. The van der Waals surface area contributed by atoms with Gasteiger partial charge in [-0.3, -0.25) is 4.79 Å². The van der Waals surface area contributed by atoms with Crippen molar-refractivity contribution in [3.05, 3.63) is 0 Å². The highest BCUT2D eigenvalue weighted by Gasteiger charge is 2.32. The summed E-state index contributed by atoms with van der Waals surface area (Å²) in [6.07, 6.45) is 4.11. The van der Waals surface area contributed by atoms with Crippen LogP contribution in [-0.2, 0) is 4.79 Å². The quantitative estimate of drug-likeness (QED) is 0.675. The van der Waals surface area contributed by atoms with Gasteiger partial charge >= 0.3 is 5.97 Å². The number of piperidine rings is 1. The molecule has 2 N–H and O–H groups in total. The number of nitrogens with one attached hydrogen (secondary N) is 1. The van der Waals surface area contributed by atoms with Crippen molar-refractivity contribution in [2.45, 2.75) is 45.1 Å². The second kappa shape index (κ2) is 8.71. The minimum absolute atomic E-state index is 0.644. The molecule has 0 aromatic heterocycles. The molecule has 0 aromatic rings. The van der Waals surface area contributed by atoms with Gasteiger partial charge in [0, 0.05) is 13.1 Å². The van der Waals surface area contributed by atoms with Crippen LogP contribution in [0.3, 0.4) is 0 Å². The Morgan fingerprint density at radius 3 is 2.57 bits per heavy atom. The predicted octanol–water partition coefficient (Wildman–Crippen LogP) is 1.49. The van der Waals surface area contributed by atoms with E-state index in [0.29, 0.717) is 6.42 Å². The summed E-state index contributed by atoms with van der Waals surface area (Å²) < 4.78 is 0. The fourth-order valence-corrected chi connectivity index (χ4v) is 2.86. The highest BCUT2D eigenvalue weighted by Crippen LogP contribution is 2.18. The van der Waals surface area contributed by atoms with Crippen molar-refractivity contribution in [1.82, 2.24) is 15.1 Å². The van der Waals surface area contributed by atoms with E-state index in [1.807, 2.05) is 0 Å². The molecule has 0 amide bonds. The Kier molecular flexibility index (Phi) is 7.63. The Bertz CT molecular complexity index is 317. The van der Waals surface area contributed by atoms with Crippen LogP contribution < -0.4 is 5.32 Å². The Labute approximate surface area is 129 Å². The van der Waals surface area contributed by atoms with Crippen LogP contribution in [0.25, 0.3) is 0 Å². The first kappa shape index (κ1) is 18.4. The van der Waals surface area contributed by atoms with Crippen molar-refractivity contribution in [2.24, 2.45) is 5.92 Å². The molecule has 124 valence electrons. The molecule has 5 nitrogen and oxygen atoms in total. The summed E-state index contributed by atoms with van der Waals surface area (Å²) >= 11 is 0. The molecule has 0 aromatic carbocycles. The van der Waals surface area contributed by atoms with Gasteiger partial charge in [-0.05, 0) is 72.3 Å². The number of aliphatic carboxylic acids is 1. The van der Waals surface area contributed by atoms with Crippen molar-refractivity contribution >= 4 is 5.97 Å². The molecule has 0 saturated carbocycles. The highest BCUT2D eigenvalue weighted by atomic mass is 16.4. The molecule has 1 rings (SSSR count). The second-order valence-electron chi connectivity index (χ2n) is 6.82. The van der Waals surface area contributed by atoms with Crippen LogP contribution in [0.4, 0.5) is 0 Å². The van der Waals surface area contributed by atoms with Gasteiger partial charge < -0.3 is 20.2 Å². The second-order valence-corrected chi connectivity index (χ2v) is 6.82. The summed E-state index contributed by atoms with van der Waals surface area (Å²) in [4.78, 5) is 16.2. The van der Waals surface area contributed by atoms with E-state index in [1.54, 1.807) is 6.92 Å². The number of nitrogens with zero attached hydrogens (tertiary/aromatic N) is 2. The molecule has 5 heteroatoms. The minimum Gasteiger partial charge on any atom is -0.480 e. The lowest BCUT2D eigenvalue weighted by atomic mass is 9.95. The van der Waals surface area contributed by atoms with E-state index in [4.69, 9.17) is 0 Å². The lowest BCUT2D eigenvalue weighted by Gasteiger charge is -2.33. The monoisotopic (exact) mass is 299 g/mol. The molecule has 1 aliphatic rings. The molecule has 0 radical (unpaired) electrons. The van der Waals surface area contributed by atoms with Crippen molar-refractivity contribution in [2.75, 3.05) is 46.8 Å². The summed E-state index contributed by atoms with van der Waals surface area (Å²) in [5.74, 6) is 0.00882. The summed E-state index contributed by atoms with van der Waals surface area (Å²) in [7, 11) is 4.29. The van der Waals surface area contributed by atoms with Gasteiger partial charge in [0.2, 0.25) is 0 Å². The molecule has 0 aliphatic carbocycles. The molecule has 1 aliphatic heterocycles. The van der Waals surface area contributed by atoms with Crippen LogP contribution >= 0.6 is 0 Å². The molecule has 1 atom stereocenters. The third-order valence-corrected chi connectivity index (χ3v) is 4.64. The van der Waals surface area contributed by atoms with E-state index in [-0.39, 0.29) is 0 Å². The zero-order valence-corrected chi connectivity index (χ0v) is 14.2. The summed E-state index contributed by atoms with van der Waals surface area (Å²) in [5.41, 5.74) is -0.808. The first-order valence-corrected chi connectivity index (χ1v) is 8.23. The molecular weight excluding hydrogens is 266 g/mol. The van der Waals surface area contributed by atoms with Crippen LogP contribution in [0.2, 0.25) is 0 Å². The van der Waals surface area contributed by atoms with E-state index in [2.05, 4.69) is 36.1 Å². The van der Waals surface area contributed by atoms with Crippen molar-refractivity contribution in [1.29, 1.82) is 0 Å². The molecule has 1 saturated heterocycles.